The van der Waals surface area contributed by atoms with Crippen LogP contribution in [-0.4, -0.2) is 51.8 Å². The molecule has 1 heterocycles. The van der Waals surface area contributed by atoms with Gasteiger partial charge in [-0.3, -0.25) is 0 Å². The normalized spacial score (nSPS) is 14.7. The number of likely N-dealkylation sites (N-methyl/N-ethyl adjacent to an activating group) is 1. The number of carboxylic acids is 1. The van der Waals surface area contributed by atoms with Gasteiger partial charge in [0.05, 0.1) is 17.3 Å². The number of ether oxygens (including phenoxy) is 2. The molecule has 1 amide bonds. The zero-order chi connectivity index (χ0) is 22.1. The summed E-state index contributed by atoms with van der Waals surface area (Å²) in [6.45, 7) is 5.81. The molecule has 1 aliphatic carbocycles. The Morgan fingerprint density at radius 3 is 2.40 bits per heavy atom. The van der Waals surface area contributed by atoms with Crippen molar-refractivity contribution in [2.45, 2.75) is 44.8 Å². The quantitative estimate of drug-likeness (QED) is 0.654. The van der Waals surface area contributed by atoms with Gasteiger partial charge in [-0.1, -0.05) is 23.7 Å². The Labute approximate surface area is 180 Å². The predicted octanol–water partition coefficient (Wildman–Crippen LogP) is 4.88. The number of carbonyl (C=O) groups excluding carboxylic acids is 1. The largest absolute Gasteiger partial charge is 0.489 e. The van der Waals surface area contributed by atoms with Gasteiger partial charge in [-0.05, 0) is 57.4 Å². The maximum Gasteiger partial charge on any atom is 0.410 e. The van der Waals surface area contributed by atoms with Crippen molar-refractivity contribution in [1.82, 2.24) is 9.88 Å². The summed E-state index contributed by atoms with van der Waals surface area (Å²) in [5.41, 5.74) is 0.598. The highest BCUT2D eigenvalue weighted by atomic mass is 35.5. The van der Waals surface area contributed by atoms with E-state index in [0.717, 1.165) is 18.4 Å². The number of benzene rings is 1. The number of hydrogen-bond donors (Lipinski definition) is 1. The van der Waals surface area contributed by atoms with E-state index in [4.69, 9.17) is 26.2 Å². The number of pyridine rings is 1. The van der Waals surface area contributed by atoms with Crippen molar-refractivity contribution >= 4 is 23.7 Å². The molecule has 1 aliphatic rings. The Kier molecular flexibility index (Phi) is 5.94. The van der Waals surface area contributed by atoms with Crippen molar-refractivity contribution < 1.29 is 24.2 Å². The molecule has 7 nitrogen and oxygen atoms in total. The summed E-state index contributed by atoms with van der Waals surface area (Å²) in [6.07, 6.45) is 2.80. The second-order valence-electron chi connectivity index (χ2n) is 8.44. The average molecular weight is 433 g/mol. The molecule has 1 aromatic heterocycles. The number of carboxylic acid groups (broad SMARTS) is 1. The third kappa shape index (κ3) is 5.02. The highest BCUT2D eigenvalue weighted by molar-refractivity contribution is 6.32. The molecule has 0 bridgehead atoms. The van der Waals surface area contributed by atoms with Gasteiger partial charge in [0, 0.05) is 12.6 Å². The van der Waals surface area contributed by atoms with E-state index in [0.29, 0.717) is 17.9 Å². The van der Waals surface area contributed by atoms with Crippen LogP contribution in [0.3, 0.4) is 0 Å². The number of aromatic nitrogens is 1. The molecule has 3 rings (SSSR count). The first kappa shape index (κ1) is 21.9. The van der Waals surface area contributed by atoms with Gasteiger partial charge in [-0.2, -0.15) is 0 Å². The molecular weight excluding hydrogens is 408 g/mol. The molecular formula is C22H25ClN2O5. The van der Waals surface area contributed by atoms with Crippen LogP contribution in [0.15, 0.2) is 36.5 Å². The van der Waals surface area contributed by atoms with Crippen LogP contribution in [0.4, 0.5) is 4.79 Å². The third-order valence-electron chi connectivity index (χ3n) is 4.97. The zero-order valence-corrected chi connectivity index (χ0v) is 18.2. The zero-order valence-electron chi connectivity index (χ0n) is 17.4. The van der Waals surface area contributed by atoms with E-state index in [2.05, 4.69) is 4.98 Å². The Balaban J connectivity index is 1.71. The van der Waals surface area contributed by atoms with E-state index in [1.54, 1.807) is 30.1 Å². The molecule has 0 radical (unpaired) electrons. The van der Waals surface area contributed by atoms with Crippen LogP contribution >= 0.6 is 11.6 Å². The lowest BCUT2D eigenvalue weighted by atomic mass is 10.1. The van der Waals surface area contributed by atoms with Crippen LogP contribution in [0.5, 0.6) is 5.75 Å². The van der Waals surface area contributed by atoms with E-state index in [-0.39, 0.29) is 16.8 Å². The van der Waals surface area contributed by atoms with Crippen molar-refractivity contribution in [2.75, 3.05) is 13.7 Å². The van der Waals surface area contributed by atoms with Crippen LogP contribution in [0.1, 0.15) is 44.0 Å². The minimum atomic E-state index is -0.994. The minimum Gasteiger partial charge on any atom is -0.489 e. The first-order chi connectivity index (χ1) is 14.0. The SMILES string of the molecule is CN(C(=O)OC(C)(C)C)C1(COc2cnc(Cl)c(-c3ccc(C(=O)O)cc3)c2)CC1. The summed E-state index contributed by atoms with van der Waals surface area (Å²) < 4.78 is 11.4. The van der Waals surface area contributed by atoms with Crippen molar-refractivity contribution in [3.8, 4) is 16.9 Å². The summed E-state index contributed by atoms with van der Waals surface area (Å²) in [4.78, 5) is 29.2. The van der Waals surface area contributed by atoms with E-state index < -0.39 is 17.1 Å². The molecule has 0 unspecified atom stereocenters. The predicted molar refractivity (Wildman–Crippen MR) is 113 cm³/mol. The lowest BCUT2D eigenvalue weighted by molar-refractivity contribution is 0.0139. The number of rotatable bonds is 6. The summed E-state index contributed by atoms with van der Waals surface area (Å²) in [6, 6.07) is 8.13. The summed E-state index contributed by atoms with van der Waals surface area (Å²) in [5.74, 6) is -0.479. The van der Waals surface area contributed by atoms with Crippen LogP contribution < -0.4 is 4.74 Å². The summed E-state index contributed by atoms with van der Waals surface area (Å²) >= 11 is 6.24. The molecule has 30 heavy (non-hydrogen) atoms. The highest BCUT2D eigenvalue weighted by Gasteiger charge is 2.50. The average Bonchev–Trinajstić information content (AvgIpc) is 3.46. The molecule has 160 valence electrons. The van der Waals surface area contributed by atoms with E-state index in [9.17, 15) is 9.59 Å². The Morgan fingerprint density at radius 2 is 1.87 bits per heavy atom. The number of amides is 1. The molecule has 1 fully saturated rings. The fourth-order valence-corrected chi connectivity index (χ4v) is 3.18. The molecule has 2 aromatic rings. The van der Waals surface area contributed by atoms with Gasteiger partial charge in [0.15, 0.2) is 0 Å². The van der Waals surface area contributed by atoms with Crippen LogP contribution in [0.2, 0.25) is 5.15 Å². The van der Waals surface area contributed by atoms with Crippen molar-refractivity contribution in [1.29, 1.82) is 0 Å². The minimum absolute atomic E-state index is 0.191. The number of carbonyl (C=O) groups is 2. The standard InChI is InChI=1S/C22H25ClN2O5/c1-21(2,3)30-20(28)25(4)22(9-10-22)13-29-16-11-17(18(23)24-12-16)14-5-7-15(8-6-14)19(26)27/h5-8,11-12H,9-10,13H2,1-4H3,(H,26,27). The van der Waals surface area contributed by atoms with E-state index in [1.165, 1.54) is 18.3 Å². The maximum absolute atomic E-state index is 12.4. The van der Waals surface area contributed by atoms with Crippen molar-refractivity contribution in [3.05, 3.63) is 47.2 Å². The smallest absolute Gasteiger partial charge is 0.410 e. The molecule has 0 atom stereocenters. The maximum atomic E-state index is 12.4. The molecule has 8 heteroatoms. The highest BCUT2D eigenvalue weighted by Crippen LogP contribution is 2.42. The number of aromatic carboxylic acids is 1. The molecule has 1 N–H and O–H groups in total. The van der Waals surface area contributed by atoms with Crippen LogP contribution in [0.25, 0.3) is 11.1 Å². The summed E-state index contributed by atoms with van der Waals surface area (Å²) in [7, 11) is 1.72. The Morgan fingerprint density at radius 1 is 1.23 bits per heavy atom. The van der Waals surface area contributed by atoms with Gasteiger partial charge in [0.25, 0.3) is 0 Å². The van der Waals surface area contributed by atoms with E-state index >= 15 is 0 Å². The molecule has 0 saturated heterocycles. The lowest BCUT2D eigenvalue weighted by Gasteiger charge is -2.30. The number of nitrogens with zero attached hydrogens (tertiary/aromatic N) is 2. The van der Waals surface area contributed by atoms with Gasteiger partial charge in [-0.25, -0.2) is 14.6 Å². The van der Waals surface area contributed by atoms with Gasteiger partial charge in [0.1, 0.15) is 23.1 Å². The molecule has 1 saturated carbocycles. The van der Waals surface area contributed by atoms with E-state index in [1.807, 2.05) is 20.8 Å². The molecule has 0 aliphatic heterocycles. The monoisotopic (exact) mass is 432 g/mol. The van der Waals surface area contributed by atoms with Crippen molar-refractivity contribution in [2.24, 2.45) is 0 Å². The first-order valence-electron chi connectivity index (χ1n) is 9.60. The topological polar surface area (TPSA) is 89.0 Å². The fourth-order valence-electron chi connectivity index (χ4n) is 2.97. The first-order valence-corrected chi connectivity index (χ1v) is 9.97. The lowest BCUT2D eigenvalue weighted by Crippen LogP contribution is -2.45. The second-order valence-corrected chi connectivity index (χ2v) is 8.80. The fraction of sp³-hybridized carbons (Fsp3) is 0.409. The number of hydrogen-bond acceptors (Lipinski definition) is 5. The van der Waals surface area contributed by atoms with Crippen LogP contribution in [-0.2, 0) is 4.74 Å². The summed E-state index contributed by atoms with van der Waals surface area (Å²) in [5, 5.41) is 9.34. The van der Waals surface area contributed by atoms with Crippen molar-refractivity contribution in [3.63, 3.8) is 0 Å². The van der Waals surface area contributed by atoms with Gasteiger partial charge in [0.2, 0.25) is 0 Å². The van der Waals surface area contributed by atoms with Gasteiger partial charge in [-0.15, -0.1) is 0 Å². The number of halogens is 1. The van der Waals surface area contributed by atoms with Crippen LogP contribution in [0, 0.1) is 0 Å². The molecule has 0 spiro atoms. The Hall–Kier alpha value is -2.80. The van der Waals surface area contributed by atoms with Gasteiger partial charge >= 0.3 is 12.1 Å². The second kappa shape index (κ2) is 8.14. The third-order valence-corrected chi connectivity index (χ3v) is 5.27. The van der Waals surface area contributed by atoms with Gasteiger partial charge < -0.3 is 19.5 Å². The molecule has 1 aromatic carbocycles. The Bertz CT molecular complexity index is 949.